The molecule has 1 saturated carbocycles. The Morgan fingerprint density at radius 3 is 2.50 bits per heavy atom. The van der Waals surface area contributed by atoms with Crippen molar-refractivity contribution < 1.29 is 14.3 Å². The topological polar surface area (TPSA) is 38.8 Å². The van der Waals surface area contributed by atoms with Gasteiger partial charge in [0.1, 0.15) is 5.75 Å². The van der Waals surface area contributed by atoms with Crippen molar-refractivity contribution >= 4 is 27.7 Å². The Labute approximate surface area is 128 Å². The molecule has 0 atom stereocenters. The summed E-state index contributed by atoms with van der Waals surface area (Å²) in [7, 11) is 3.05. The van der Waals surface area contributed by atoms with Crippen LogP contribution in [0.5, 0.6) is 5.75 Å². The maximum atomic E-state index is 12.2. The van der Waals surface area contributed by atoms with Crippen LogP contribution in [0.4, 0.5) is 10.5 Å². The van der Waals surface area contributed by atoms with Crippen LogP contribution in [0.15, 0.2) is 22.7 Å². The lowest BCUT2D eigenvalue weighted by Gasteiger charge is -2.33. The molecule has 0 unspecified atom stereocenters. The first-order chi connectivity index (χ1) is 9.67. The number of carbonyl (C=O) groups is 1. The van der Waals surface area contributed by atoms with Gasteiger partial charge in [0.25, 0.3) is 0 Å². The largest absolute Gasteiger partial charge is 0.497 e. The molecule has 0 heterocycles. The smallest absolute Gasteiger partial charge is 0.414 e. The first kappa shape index (κ1) is 15.2. The molecule has 110 valence electrons. The zero-order valence-electron chi connectivity index (χ0n) is 11.9. The fourth-order valence-electron chi connectivity index (χ4n) is 2.69. The number of anilines is 1. The van der Waals surface area contributed by atoms with Crippen molar-refractivity contribution in [1.29, 1.82) is 0 Å². The highest BCUT2D eigenvalue weighted by atomic mass is 79.9. The molecule has 2 rings (SSSR count). The molecule has 1 aliphatic rings. The molecule has 1 amide bonds. The second-order valence-corrected chi connectivity index (χ2v) is 5.80. The maximum absolute atomic E-state index is 12.2. The van der Waals surface area contributed by atoms with Crippen LogP contribution in [0.2, 0.25) is 0 Å². The number of hydrogen-bond donors (Lipinski definition) is 0. The van der Waals surface area contributed by atoms with Crippen LogP contribution in [0, 0.1) is 0 Å². The highest BCUT2D eigenvalue weighted by Crippen LogP contribution is 2.35. The minimum Gasteiger partial charge on any atom is -0.497 e. The van der Waals surface area contributed by atoms with Gasteiger partial charge in [-0.3, -0.25) is 4.90 Å². The number of ether oxygens (including phenoxy) is 2. The average molecular weight is 342 g/mol. The van der Waals surface area contributed by atoms with Gasteiger partial charge in [-0.05, 0) is 47.0 Å². The lowest BCUT2D eigenvalue weighted by atomic mass is 9.94. The monoisotopic (exact) mass is 341 g/mol. The van der Waals surface area contributed by atoms with Gasteiger partial charge in [-0.15, -0.1) is 0 Å². The molecular formula is C15H20BrNO3. The summed E-state index contributed by atoms with van der Waals surface area (Å²) in [4.78, 5) is 13.9. The van der Waals surface area contributed by atoms with Crippen molar-refractivity contribution in [2.24, 2.45) is 0 Å². The fraction of sp³-hybridized carbons (Fsp3) is 0.533. The number of benzene rings is 1. The fourth-order valence-corrected chi connectivity index (χ4v) is 3.24. The van der Waals surface area contributed by atoms with Crippen LogP contribution >= 0.6 is 15.9 Å². The zero-order chi connectivity index (χ0) is 14.5. The normalized spacial score (nSPS) is 15.8. The Balaban J connectivity index is 2.32. The van der Waals surface area contributed by atoms with Crippen molar-refractivity contribution in [1.82, 2.24) is 0 Å². The Morgan fingerprint density at radius 1 is 1.25 bits per heavy atom. The van der Waals surface area contributed by atoms with Gasteiger partial charge in [-0.1, -0.05) is 19.3 Å². The van der Waals surface area contributed by atoms with Crippen LogP contribution in [0.1, 0.15) is 32.1 Å². The van der Waals surface area contributed by atoms with E-state index in [1.165, 1.54) is 13.5 Å². The summed E-state index contributed by atoms with van der Waals surface area (Å²) in [5.74, 6) is 0.758. The lowest BCUT2D eigenvalue weighted by Crippen LogP contribution is -2.41. The average Bonchev–Trinajstić information content (AvgIpc) is 2.50. The minimum absolute atomic E-state index is 0.209. The number of carbonyl (C=O) groups excluding carboxylic acids is 1. The molecule has 20 heavy (non-hydrogen) atoms. The summed E-state index contributed by atoms with van der Waals surface area (Å²) in [6, 6.07) is 5.84. The molecule has 1 aromatic carbocycles. The quantitative estimate of drug-likeness (QED) is 0.819. The molecule has 1 aliphatic carbocycles. The van der Waals surface area contributed by atoms with E-state index in [-0.39, 0.29) is 12.1 Å². The molecule has 1 fully saturated rings. The van der Waals surface area contributed by atoms with Crippen molar-refractivity contribution in [3.63, 3.8) is 0 Å². The van der Waals surface area contributed by atoms with E-state index < -0.39 is 0 Å². The molecular weight excluding hydrogens is 322 g/mol. The van der Waals surface area contributed by atoms with E-state index in [1.54, 1.807) is 12.0 Å². The minimum atomic E-state index is -0.303. The SMILES string of the molecule is COC(=O)N(c1ccc(OC)cc1Br)C1CCCCC1. The van der Waals surface area contributed by atoms with Crippen LogP contribution in [0.3, 0.4) is 0 Å². The van der Waals surface area contributed by atoms with Gasteiger partial charge < -0.3 is 9.47 Å². The van der Waals surface area contributed by atoms with E-state index in [1.807, 2.05) is 18.2 Å². The number of methoxy groups -OCH3 is 2. The van der Waals surface area contributed by atoms with Crippen molar-refractivity contribution in [3.8, 4) is 5.75 Å². The third-order valence-electron chi connectivity index (χ3n) is 3.73. The van der Waals surface area contributed by atoms with Gasteiger partial charge in [0, 0.05) is 10.5 Å². The molecule has 0 spiro atoms. The van der Waals surface area contributed by atoms with Crippen LogP contribution in [-0.4, -0.2) is 26.4 Å². The molecule has 0 N–H and O–H groups in total. The summed E-state index contributed by atoms with van der Waals surface area (Å²) in [6.45, 7) is 0. The van der Waals surface area contributed by atoms with E-state index in [4.69, 9.17) is 9.47 Å². The Hall–Kier alpha value is -1.23. The van der Waals surface area contributed by atoms with Crippen LogP contribution < -0.4 is 9.64 Å². The van der Waals surface area contributed by atoms with Gasteiger partial charge in [0.05, 0.1) is 19.9 Å². The standard InChI is InChI=1S/C15H20BrNO3/c1-19-12-8-9-14(13(16)10-12)17(15(18)20-2)11-6-4-3-5-7-11/h8-11H,3-7H2,1-2H3. The second-order valence-electron chi connectivity index (χ2n) is 4.95. The van der Waals surface area contributed by atoms with Crippen LogP contribution in [0.25, 0.3) is 0 Å². The zero-order valence-corrected chi connectivity index (χ0v) is 13.5. The predicted octanol–water partition coefficient (Wildman–Crippen LogP) is 4.36. The van der Waals surface area contributed by atoms with E-state index in [0.29, 0.717) is 0 Å². The Morgan fingerprint density at radius 2 is 1.95 bits per heavy atom. The number of halogens is 1. The summed E-state index contributed by atoms with van der Waals surface area (Å²) in [5.41, 5.74) is 0.838. The van der Waals surface area contributed by atoms with Crippen molar-refractivity contribution in [2.45, 2.75) is 38.1 Å². The second kappa shape index (κ2) is 6.97. The first-order valence-corrected chi connectivity index (χ1v) is 7.67. The molecule has 0 saturated heterocycles. The number of amides is 1. The number of hydrogen-bond acceptors (Lipinski definition) is 3. The highest BCUT2D eigenvalue weighted by Gasteiger charge is 2.29. The highest BCUT2D eigenvalue weighted by molar-refractivity contribution is 9.10. The number of nitrogens with zero attached hydrogens (tertiary/aromatic N) is 1. The third-order valence-corrected chi connectivity index (χ3v) is 4.36. The summed E-state index contributed by atoms with van der Waals surface area (Å²) >= 11 is 3.52. The summed E-state index contributed by atoms with van der Waals surface area (Å²) < 4.78 is 11.0. The molecule has 0 aliphatic heterocycles. The van der Waals surface area contributed by atoms with Crippen molar-refractivity contribution in [3.05, 3.63) is 22.7 Å². The molecule has 0 radical (unpaired) electrons. The first-order valence-electron chi connectivity index (χ1n) is 6.88. The van der Waals surface area contributed by atoms with Gasteiger partial charge >= 0.3 is 6.09 Å². The van der Waals surface area contributed by atoms with Crippen LogP contribution in [-0.2, 0) is 4.74 Å². The molecule has 1 aromatic rings. The Kier molecular flexibility index (Phi) is 5.29. The molecule has 0 aromatic heterocycles. The van der Waals surface area contributed by atoms with E-state index in [0.717, 1.165) is 41.6 Å². The Bertz CT molecular complexity index is 472. The van der Waals surface area contributed by atoms with Gasteiger partial charge in [-0.2, -0.15) is 0 Å². The van der Waals surface area contributed by atoms with Gasteiger partial charge in [0.2, 0.25) is 0 Å². The van der Waals surface area contributed by atoms with E-state index >= 15 is 0 Å². The van der Waals surface area contributed by atoms with Gasteiger partial charge in [-0.25, -0.2) is 4.79 Å². The lowest BCUT2D eigenvalue weighted by molar-refractivity contribution is 0.173. The number of rotatable bonds is 3. The van der Waals surface area contributed by atoms with Crippen molar-refractivity contribution in [2.75, 3.05) is 19.1 Å². The molecule has 0 bridgehead atoms. The van der Waals surface area contributed by atoms with Gasteiger partial charge in [0.15, 0.2) is 0 Å². The molecule has 5 heteroatoms. The van der Waals surface area contributed by atoms with E-state index in [2.05, 4.69) is 15.9 Å². The summed E-state index contributed by atoms with van der Waals surface area (Å²) in [5, 5.41) is 0. The predicted molar refractivity (Wildman–Crippen MR) is 82.5 cm³/mol. The summed E-state index contributed by atoms with van der Waals surface area (Å²) in [6.07, 6.45) is 5.30. The maximum Gasteiger partial charge on any atom is 0.414 e. The van der Waals surface area contributed by atoms with E-state index in [9.17, 15) is 4.79 Å². The third kappa shape index (κ3) is 3.26. The molecule has 4 nitrogen and oxygen atoms in total.